The van der Waals surface area contributed by atoms with Crippen molar-refractivity contribution in [1.29, 1.82) is 0 Å². The molecule has 1 saturated heterocycles. The summed E-state index contributed by atoms with van der Waals surface area (Å²) in [7, 11) is 0. The molecule has 1 fully saturated rings. The van der Waals surface area contributed by atoms with Gasteiger partial charge >= 0.3 is 0 Å². The first kappa shape index (κ1) is 17.0. The first-order valence-electron chi connectivity index (χ1n) is 8.33. The van der Waals surface area contributed by atoms with Gasteiger partial charge in [-0.15, -0.1) is 0 Å². The second-order valence-corrected chi connectivity index (χ2v) is 6.45. The number of nitrogens with zero attached hydrogens (tertiary/aromatic N) is 1. The molecule has 1 aliphatic heterocycles. The number of carbonyl (C=O) groups excluding carboxylic acids is 1. The van der Waals surface area contributed by atoms with E-state index < -0.39 is 6.10 Å². The van der Waals surface area contributed by atoms with Crippen LogP contribution in [0.5, 0.6) is 0 Å². The molecule has 2 rings (SSSR count). The molecule has 1 aromatic rings. The number of benzene rings is 1. The first-order valence-corrected chi connectivity index (χ1v) is 8.33. The molecule has 0 radical (unpaired) electrons. The van der Waals surface area contributed by atoms with Crippen molar-refractivity contribution in [2.24, 2.45) is 5.92 Å². The van der Waals surface area contributed by atoms with Crippen molar-refractivity contribution in [2.45, 2.75) is 45.3 Å². The molecule has 1 aliphatic rings. The van der Waals surface area contributed by atoms with Crippen LogP contribution in [0.3, 0.4) is 0 Å². The van der Waals surface area contributed by atoms with Gasteiger partial charge in [0.1, 0.15) is 0 Å². The van der Waals surface area contributed by atoms with Crippen molar-refractivity contribution in [3.8, 4) is 0 Å². The predicted octanol–water partition coefficient (Wildman–Crippen LogP) is 2.35. The SMILES string of the molecule is CC(C)[C@H](NCC(=O)N1CCCCC1)[C@H](O)c1ccccc1. The van der Waals surface area contributed by atoms with Crippen molar-refractivity contribution in [3.63, 3.8) is 0 Å². The van der Waals surface area contributed by atoms with Gasteiger partial charge in [0.05, 0.1) is 12.6 Å². The third-order valence-corrected chi connectivity index (χ3v) is 4.40. The Hall–Kier alpha value is -1.39. The van der Waals surface area contributed by atoms with E-state index in [0.29, 0.717) is 6.54 Å². The number of amides is 1. The maximum absolute atomic E-state index is 12.3. The number of rotatable bonds is 6. The molecule has 0 aliphatic carbocycles. The third kappa shape index (κ3) is 4.55. The normalized spacial score (nSPS) is 18.3. The van der Waals surface area contributed by atoms with Crippen molar-refractivity contribution in [1.82, 2.24) is 10.2 Å². The standard InChI is InChI=1S/C18H28N2O2/c1-14(2)17(18(22)15-9-5-3-6-10-15)19-13-16(21)20-11-7-4-8-12-20/h3,5-6,9-10,14,17-19,22H,4,7-8,11-13H2,1-2H3/t17-,18+/m0/s1. The Morgan fingerprint density at radius 2 is 1.82 bits per heavy atom. The molecule has 1 heterocycles. The lowest BCUT2D eigenvalue weighted by atomic mass is 9.93. The molecule has 2 atom stereocenters. The lowest BCUT2D eigenvalue weighted by Gasteiger charge is -2.31. The summed E-state index contributed by atoms with van der Waals surface area (Å²) in [6.45, 7) is 6.17. The lowest BCUT2D eigenvalue weighted by Crippen LogP contribution is -2.47. The van der Waals surface area contributed by atoms with Crippen molar-refractivity contribution >= 4 is 5.91 Å². The van der Waals surface area contributed by atoms with Crippen molar-refractivity contribution < 1.29 is 9.90 Å². The zero-order chi connectivity index (χ0) is 15.9. The maximum Gasteiger partial charge on any atom is 0.236 e. The molecule has 0 bridgehead atoms. The van der Waals surface area contributed by atoms with Gasteiger partial charge in [0.2, 0.25) is 5.91 Å². The molecule has 1 amide bonds. The monoisotopic (exact) mass is 304 g/mol. The number of hydrogen-bond donors (Lipinski definition) is 2. The molecule has 1 aromatic carbocycles. The van der Waals surface area contributed by atoms with E-state index in [4.69, 9.17) is 0 Å². The fourth-order valence-corrected chi connectivity index (χ4v) is 3.03. The third-order valence-electron chi connectivity index (χ3n) is 4.40. The summed E-state index contributed by atoms with van der Waals surface area (Å²) in [6.07, 6.45) is 2.83. The number of hydrogen-bond acceptors (Lipinski definition) is 3. The van der Waals surface area contributed by atoms with Gasteiger partial charge in [0.25, 0.3) is 0 Å². The molecular formula is C18H28N2O2. The summed E-state index contributed by atoms with van der Waals surface area (Å²) in [5.74, 6) is 0.384. The largest absolute Gasteiger partial charge is 0.387 e. The number of aliphatic hydroxyl groups excluding tert-OH is 1. The summed E-state index contributed by atoms with van der Waals surface area (Å²) in [5.41, 5.74) is 0.888. The number of nitrogens with one attached hydrogen (secondary N) is 1. The van der Waals surface area contributed by atoms with Gasteiger partial charge in [-0.2, -0.15) is 0 Å². The molecular weight excluding hydrogens is 276 g/mol. The average molecular weight is 304 g/mol. The molecule has 122 valence electrons. The quantitative estimate of drug-likeness (QED) is 0.848. The first-order chi connectivity index (χ1) is 10.6. The van der Waals surface area contributed by atoms with Crippen LogP contribution in [0.1, 0.15) is 44.8 Å². The van der Waals surface area contributed by atoms with Crippen molar-refractivity contribution in [2.75, 3.05) is 19.6 Å². The van der Waals surface area contributed by atoms with Gasteiger partial charge in [0, 0.05) is 19.1 Å². The van der Waals surface area contributed by atoms with E-state index in [9.17, 15) is 9.90 Å². The van der Waals surface area contributed by atoms with Crippen molar-refractivity contribution in [3.05, 3.63) is 35.9 Å². The van der Waals surface area contributed by atoms with E-state index in [1.165, 1.54) is 6.42 Å². The van der Waals surface area contributed by atoms with E-state index in [2.05, 4.69) is 19.2 Å². The molecule has 22 heavy (non-hydrogen) atoms. The number of likely N-dealkylation sites (tertiary alicyclic amines) is 1. The maximum atomic E-state index is 12.3. The minimum Gasteiger partial charge on any atom is -0.387 e. The Bertz CT molecular complexity index is 455. The molecule has 2 N–H and O–H groups in total. The molecule has 0 unspecified atom stereocenters. The minimum absolute atomic E-state index is 0.129. The highest BCUT2D eigenvalue weighted by Crippen LogP contribution is 2.21. The molecule has 4 heteroatoms. The van der Waals surface area contributed by atoms with E-state index in [0.717, 1.165) is 31.5 Å². The summed E-state index contributed by atoms with van der Waals surface area (Å²) < 4.78 is 0. The molecule has 0 saturated carbocycles. The highest BCUT2D eigenvalue weighted by molar-refractivity contribution is 5.78. The second-order valence-electron chi connectivity index (χ2n) is 6.45. The summed E-state index contributed by atoms with van der Waals surface area (Å²) >= 11 is 0. The van der Waals surface area contributed by atoms with Crippen LogP contribution < -0.4 is 5.32 Å². The Morgan fingerprint density at radius 3 is 2.41 bits per heavy atom. The molecule has 0 aromatic heterocycles. The van der Waals surface area contributed by atoms with Crippen LogP contribution in [-0.2, 0) is 4.79 Å². The van der Waals surface area contributed by atoms with Gasteiger partial charge in [-0.25, -0.2) is 0 Å². The minimum atomic E-state index is -0.602. The number of carbonyl (C=O) groups is 1. The van der Waals surface area contributed by atoms with Crippen LogP contribution in [0.15, 0.2) is 30.3 Å². The molecule has 4 nitrogen and oxygen atoms in total. The van der Waals surface area contributed by atoms with Gasteiger partial charge in [0.15, 0.2) is 0 Å². The Balaban J connectivity index is 1.92. The highest BCUT2D eigenvalue weighted by Gasteiger charge is 2.25. The lowest BCUT2D eigenvalue weighted by molar-refractivity contribution is -0.131. The Labute approximate surface area is 133 Å². The molecule has 0 spiro atoms. The summed E-state index contributed by atoms with van der Waals surface area (Å²) in [5, 5.41) is 13.9. The fraction of sp³-hybridized carbons (Fsp3) is 0.611. The summed E-state index contributed by atoms with van der Waals surface area (Å²) in [6, 6.07) is 9.51. The smallest absolute Gasteiger partial charge is 0.236 e. The van der Waals surface area contributed by atoms with Crippen LogP contribution in [-0.4, -0.2) is 41.6 Å². The van der Waals surface area contributed by atoms with E-state index in [-0.39, 0.29) is 17.9 Å². The van der Waals surface area contributed by atoms with Gasteiger partial charge in [-0.1, -0.05) is 44.2 Å². The number of piperidine rings is 1. The second kappa shape index (κ2) is 8.30. The number of aliphatic hydroxyl groups is 1. The Morgan fingerprint density at radius 1 is 1.18 bits per heavy atom. The van der Waals surface area contributed by atoms with E-state index in [1.807, 2.05) is 35.2 Å². The summed E-state index contributed by atoms with van der Waals surface area (Å²) in [4.78, 5) is 14.2. The topological polar surface area (TPSA) is 52.6 Å². The zero-order valence-electron chi connectivity index (χ0n) is 13.7. The van der Waals surface area contributed by atoms with Gasteiger partial charge in [-0.3, -0.25) is 4.79 Å². The van der Waals surface area contributed by atoms with Crippen LogP contribution in [0.4, 0.5) is 0 Å². The fourth-order valence-electron chi connectivity index (χ4n) is 3.03. The van der Waals surface area contributed by atoms with Gasteiger partial charge < -0.3 is 15.3 Å². The van der Waals surface area contributed by atoms with Crippen LogP contribution in [0.2, 0.25) is 0 Å². The average Bonchev–Trinajstić information content (AvgIpc) is 2.56. The van der Waals surface area contributed by atoms with E-state index in [1.54, 1.807) is 0 Å². The highest BCUT2D eigenvalue weighted by atomic mass is 16.3. The van der Waals surface area contributed by atoms with Crippen LogP contribution in [0.25, 0.3) is 0 Å². The Kier molecular flexibility index (Phi) is 6.40. The zero-order valence-corrected chi connectivity index (χ0v) is 13.7. The predicted molar refractivity (Wildman–Crippen MR) is 88.5 cm³/mol. The van der Waals surface area contributed by atoms with Crippen LogP contribution >= 0.6 is 0 Å². The van der Waals surface area contributed by atoms with E-state index >= 15 is 0 Å². The van der Waals surface area contributed by atoms with Crippen LogP contribution in [0, 0.1) is 5.92 Å². The van der Waals surface area contributed by atoms with Gasteiger partial charge in [-0.05, 0) is 30.7 Å².